The smallest absolute Gasteiger partial charge is 0.335 e. The molecule has 132 valence electrons. The second-order valence-corrected chi connectivity index (χ2v) is 6.64. The fourth-order valence-corrected chi connectivity index (χ4v) is 3.70. The summed E-state index contributed by atoms with van der Waals surface area (Å²) in [7, 11) is 0. The maximum absolute atomic E-state index is 11.0. The topological polar surface area (TPSA) is 81.0 Å². The van der Waals surface area contributed by atoms with Gasteiger partial charge in [0, 0.05) is 38.1 Å². The normalized spacial score (nSPS) is 24.2. The third-order valence-corrected chi connectivity index (χ3v) is 4.89. The number of carbonyl (C=O) groups is 1. The van der Waals surface area contributed by atoms with E-state index in [1.807, 2.05) is 18.2 Å². The number of aliphatic hydroxyl groups excluding tert-OH is 2. The zero-order valence-electron chi connectivity index (χ0n) is 14.0. The first-order valence-corrected chi connectivity index (χ1v) is 8.47. The van der Waals surface area contributed by atoms with Crippen molar-refractivity contribution in [3.8, 4) is 0 Å². The van der Waals surface area contributed by atoms with Gasteiger partial charge in [-0.25, -0.2) is 4.79 Å². The molecule has 25 heavy (non-hydrogen) atoms. The first-order valence-electron chi connectivity index (χ1n) is 8.47. The Balaban J connectivity index is 1.74. The van der Waals surface area contributed by atoms with E-state index in [-0.39, 0.29) is 24.0 Å². The summed E-state index contributed by atoms with van der Waals surface area (Å²) in [5, 5.41) is 29.5. The summed E-state index contributed by atoms with van der Waals surface area (Å²) in [5.74, 6) is -1.26. The van der Waals surface area contributed by atoms with Crippen LogP contribution in [0.4, 0.5) is 0 Å². The number of piperidine rings is 1. The number of carboxylic acids is 1. The number of carboxylic acid groups (broad SMARTS) is 1. The number of hydrogen-bond donors (Lipinski definition) is 3. The molecule has 1 aliphatic rings. The van der Waals surface area contributed by atoms with Crippen LogP contribution >= 0.6 is 0 Å². The maximum atomic E-state index is 11.0. The minimum Gasteiger partial charge on any atom is -0.478 e. The molecule has 0 bridgehead atoms. The van der Waals surface area contributed by atoms with Crippen LogP contribution in [0, 0.1) is 5.92 Å². The lowest BCUT2D eigenvalue weighted by Crippen LogP contribution is -2.48. The number of benzene rings is 2. The van der Waals surface area contributed by atoms with Gasteiger partial charge in [0.15, 0.2) is 0 Å². The van der Waals surface area contributed by atoms with E-state index in [4.69, 9.17) is 5.11 Å². The van der Waals surface area contributed by atoms with Crippen LogP contribution in [-0.2, 0) is 6.54 Å². The molecule has 3 rings (SSSR count). The highest BCUT2D eigenvalue weighted by molar-refractivity contribution is 5.87. The quantitative estimate of drug-likeness (QED) is 0.774. The van der Waals surface area contributed by atoms with Crippen molar-refractivity contribution < 1.29 is 20.1 Å². The summed E-state index contributed by atoms with van der Waals surface area (Å²) in [6, 6.07) is 16.7. The monoisotopic (exact) mass is 341 g/mol. The molecular formula is C20H23NO4. The van der Waals surface area contributed by atoms with Gasteiger partial charge in [-0.3, -0.25) is 4.90 Å². The van der Waals surface area contributed by atoms with Gasteiger partial charge in [0.2, 0.25) is 0 Å². The number of β-amino-alcohol motifs (C(OH)–C–C–N with tert-alkyl or cyclic N) is 1. The highest BCUT2D eigenvalue weighted by atomic mass is 16.4. The molecule has 3 unspecified atom stereocenters. The van der Waals surface area contributed by atoms with Crippen LogP contribution < -0.4 is 0 Å². The van der Waals surface area contributed by atoms with Crippen molar-refractivity contribution in [1.82, 2.24) is 4.90 Å². The van der Waals surface area contributed by atoms with Gasteiger partial charge >= 0.3 is 5.97 Å². The zero-order valence-corrected chi connectivity index (χ0v) is 14.0. The van der Waals surface area contributed by atoms with Crippen molar-refractivity contribution in [2.24, 2.45) is 5.92 Å². The minimum absolute atomic E-state index is 0.0201. The third kappa shape index (κ3) is 4.07. The Morgan fingerprint density at radius 1 is 1.04 bits per heavy atom. The van der Waals surface area contributed by atoms with Gasteiger partial charge in [-0.05, 0) is 23.3 Å². The maximum Gasteiger partial charge on any atom is 0.335 e. The molecule has 1 heterocycles. The molecule has 1 saturated heterocycles. The molecule has 5 heteroatoms. The molecule has 0 aliphatic carbocycles. The molecule has 1 fully saturated rings. The van der Waals surface area contributed by atoms with E-state index in [2.05, 4.69) is 17.0 Å². The van der Waals surface area contributed by atoms with E-state index in [0.717, 1.165) is 12.1 Å². The number of hydrogen-bond acceptors (Lipinski definition) is 4. The molecule has 2 aromatic rings. The van der Waals surface area contributed by atoms with Gasteiger partial charge < -0.3 is 15.3 Å². The largest absolute Gasteiger partial charge is 0.478 e. The molecule has 5 nitrogen and oxygen atoms in total. The Kier molecular flexibility index (Phi) is 5.48. The van der Waals surface area contributed by atoms with Crippen molar-refractivity contribution in [1.29, 1.82) is 0 Å². The third-order valence-electron chi connectivity index (χ3n) is 4.89. The van der Waals surface area contributed by atoms with Crippen molar-refractivity contribution >= 4 is 5.97 Å². The predicted molar refractivity (Wildman–Crippen MR) is 94.4 cm³/mol. The standard InChI is InChI=1S/C20H23NO4/c22-13-17-11-21(10-14-4-2-1-3-5-14)12-18(23)19(17)15-6-8-16(9-7-15)20(24)25/h1-9,17-19,22-23H,10-13H2,(H,24,25). The minimum atomic E-state index is -0.969. The lowest BCUT2D eigenvalue weighted by Gasteiger charge is -2.41. The Morgan fingerprint density at radius 2 is 1.72 bits per heavy atom. The molecule has 3 N–H and O–H groups in total. The number of nitrogens with zero attached hydrogens (tertiary/aromatic N) is 1. The average molecular weight is 341 g/mol. The van der Waals surface area contributed by atoms with Crippen LogP contribution in [0.15, 0.2) is 54.6 Å². The fourth-order valence-electron chi connectivity index (χ4n) is 3.70. The van der Waals surface area contributed by atoms with E-state index in [1.54, 1.807) is 24.3 Å². The second kappa shape index (κ2) is 7.78. The Morgan fingerprint density at radius 3 is 2.32 bits per heavy atom. The van der Waals surface area contributed by atoms with Crippen LogP contribution in [0.5, 0.6) is 0 Å². The second-order valence-electron chi connectivity index (χ2n) is 6.64. The highest BCUT2D eigenvalue weighted by Gasteiger charge is 2.36. The Bertz CT molecular complexity index is 701. The average Bonchev–Trinajstić information content (AvgIpc) is 2.62. The highest BCUT2D eigenvalue weighted by Crippen LogP contribution is 2.34. The van der Waals surface area contributed by atoms with E-state index in [0.29, 0.717) is 13.1 Å². The van der Waals surface area contributed by atoms with Gasteiger partial charge in [-0.1, -0.05) is 42.5 Å². The van der Waals surface area contributed by atoms with Gasteiger partial charge in [-0.2, -0.15) is 0 Å². The molecule has 0 amide bonds. The summed E-state index contributed by atoms with van der Waals surface area (Å²) < 4.78 is 0. The van der Waals surface area contributed by atoms with Crippen molar-refractivity contribution in [2.75, 3.05) is 19.7 Å². The van der Waals surface area contributed by atoms with E-state index in [9.17, 15) is 15.0 Å². The number of aromatic carboxylic acids is 1. The number of aliphatic hydroxyl groups is 2. The summed E-state index contributed by atoms with van der Waals surface area (Å²) in [6.45, 7) is 1.93. The first kappa shape index (κ1) is 17.6. The van der Waals surface area contributed by atoms with Crippen LogP contribution in [-0.4, -0.2) is 52.0 Å². The van der Waals surface area contributed by atoms with E-state index >= 15 is 0 Å². The Hall–Kier alpha value is -2.21. The molecule has 0 saturated carbocycles. The van der Waals surface area contributed by atoms with Crippen LogP contribution in [0.25, 0.3) is 0 Å². The molecule has 0 radical (unpaired) electrons. The van der Waals surface area contributed by atoms with Crippen LogP contribution in [0.3, 0.4) is 0 Å². The van der Waals surface area contributed by atoms with E-state index < -0.39 is 12.1 Å². The fraction of sp³-hybridized carbons (Fsp3) is 0.350. The van der Waals surface area contributed by atoms with E-state index in [1.165, 1.54) is 5.56 Å². The van der Waals surface area contributed by atoms with Crippen LogP contribution in [0.1, 0.15) is 27.4 Å². The SMILES string of the molecule is O=C(O)c1ccc(C2C(O)CN(Cc3ccccc3)CC2CO)cc1. The van der Waals surface area contributed by atoms with Crippen LogP contribution in [0.2, 0.25) is 0 Å². The molecule has 3 atom stereocenters. The summed E-state index contributed by atoms with van der Waals surface area (Å²) >= 11 is 0. The van der Waals surface area contributed by atoms with Gasteiger partial charge in [0.05, 0.1) is 11.7 Å². The first-order chi connectivity index (χ1) is 12.1. The number of likely N-dealkylation sites (tertiary alicyclic amines) is 1. The lowest BCUT2D eigenvalue weighted by molar-refractivity contribution is -0.00340. The molecule has 0 aromatic heterocycles. The van der Waals surface area contributed by atoms with Crippen molar-refractivity contribution in [3.63, 3.8) is 0 Å². The Labute approximate surface area is 147 Å². The predicted octanol–water partition coefficient (Wildman–Crippen LogP) is 1.95. The zero-order chi connectivity index (χ0) is 17.8. The van der Waals surface area contributed by atoms with Gasteiger partial charge in [-0.15, -0.1) is 0 Å². The number of rotatable bonds is 5. The van der Waals surface area contributed by atoms with Gasteiger partial charge in [0.25, 0.3) is 0 Å². The molecule has 2 aromatic carbocycles. The van der Waals surface area contributed by atoms with Crippen molar-refractivity contribution in [3.05, 3.63) is 71.3 Å². The lowest BCUT2D eigenvalue weighted by atomic mass is 9.78. The van der Waals surface area contributed by atoms with Gasteiger partial charge in [0.1, 0.15) is 0 Å². The summed E-state index contributed by atoms with van der Waals surface area (Å²) in [5.41, 5.74) is 2.27. The summed E-state index contributed by atoms with van der Waals surface area (Å²) in [6.07, 6.45) is -0.606. The van der Waals surface area contributed by atoms with Crippen molar-refractivity contribution in [2.45, 2.75) is 18.6 Å². The summed E-state index contributed by atoms with van der Waals surface area (Å²) in [4.78, 5) is 13.1. The molecule has 0 spiro atoms. The molecule has 1 aliphatic heterocycles. The molecular weight excluding hydrogens is 318 g/mol.